The van der Waals surface area contributed by atoms with E-state index in [1.807, 2.05) is 6.07 Å². The first-order valence-corrected chi connectivity index (χ1v) is 11.5. The molecule has 3 aromatic rings. The minimum atomic E-state index is -0.284. The lowest BCUT2D eigenvalue weighted by Gasteiger charge is -2.07. The first-order valence-electron chi connectivity index (χ1n) is 10.1. The maximum atomic E-state index is 12.2. The number of thioether (sulfide) groups is 1. The molecule has 2 amide bonds. The van der Waals surface area contributed by atoms with E-state index in [0.29, 0.717) is 33.2 Å². The van der Waals surface area contributed by atoms with Gasteiger partial charge in [0.05, 0.1) is 26.5 Å². The SMILES string of the molecule is COc1ccc(C=CC(=O)NCc2nnc(SCC(=O)Nc3cccc(Cl)c3)n2C)cc1OC. The number of nitrogens with one attached hydrogen (secondary N) is 2. The summed E-state index contributed by atoms with van der Waals surface area (Å²) in [5, 5.41) is 14.8. The number of hydrogen-bond acceptors (Lipinski definition) is 7. The average Bonchev–Trinajstić information content (AvgIpc) is 3.19. The zero-order valence-electron chi connectivity index (χ0n) is 18.9. The molecular formula is C23H24ClN5O4S. The molecule has 0 aliphatic heterocycles. The molecule has 34 heavy (non-hydrogen) atoms. The van der Waals surface area contributed by atoms with Crippen molar-refractivity contribution in [2.24, 2.45) is 7.05 Å². The van der Waals surface area contributed by atoms with Gasteiger partial charge in [-0.2, -0.15) is 0 Å². The maximum absolute atomic E-state index is 12.2. The molecule has 2 aromatic carbocycles. The number of ether oxygens (including phenoxy) is 2. The topological polar surface area (TPSA) is 107 Å². The molecule has 0 aliphatic rings. The summed E-state index contributed by atoms with van der Waals surface area (Å²) in [4.78, 5) is 24.4. The van der Waals surface area contributed by atoms with Crippen LogP contribution in [0.3, 0.4) is 0 Å². The highest BCUT2D eigenvalue weighted by molar-refractivity contribution is 7.99. The van der Waals surface area contributed by atoms with Crippen LogP contribution < -0.4 is 20.1 Å². The molecule has 2 N–H and O–H groups in total. The zero-order chi connectivity index (χ0) is 24.5. The van der Waals surface area contributed by atoms with E-state index in [2.05, 4.69) is 20.8 Å². The molecule has 9 nitrogen and oxygen atoms in total. The van der Waals surface area contributed by atoms with Crippen LogP contribution in [0.1, 0.15) is 11.4 Å². The van der Waals surface area contributed by atoms with Crippen molar-refractivity contribution in [2.75, 3.05) is 25.3 Å². The number of halogens is 1. The summed E-state index contributed by atoms with van der Waals surface area (Å²) in [5.74, 6) is 1.43. The lowest BCUT2D eigenvalue weighted by Crippen LogP contribution is -2.22. The monoisotopic (exact) mass is 501 g/mol. The largest absolute Gasteiger partial charge is 0.493 e. The second-order valence-corrected chi connectivity index (χ2v) is 8.35. The average molecular weight is 502 g/mol. The van der Waals surface area contributed by atoms with Gasteiger partial charge in [-0.1, -0.05) is 35.5 Å². The predicted molar refractivity (Wildman–Crippen MR) is 132 cm³/mol. The van der Waals surface area contributed by atoms with E-state index in [0.717, 1.165) is 5.56 Å². The molecule has 0 saturated carbocycles. The third-order valence-corrected chi connectivity index (χ3v) is 5.88. The van der Waals surface area contributed by atoms with Gasteiger partial charge in [0.1, 0.15) is 0 Å². The van der Waals surface area contributed by atoms with Gasteiger partial charge in [0, 0.05) is 23.8 Å². The summed E-state index contributed by atoms with van der Waals surface area (Å²) >= 11 is 7.17. The summed E-state index contributed by atoms with van der Waals surface area (Å²) in [6.45, 7) is 0.188. The molecule has 178 valence electrons. The number of methoxy groups -OCH3 is 2. The van der Waals surface area contributed by atoms with E-state index in [9.17, 15) is 9.59 Å². The molecule has 0 atom stereocenters. The van der Waals surface area contributed by atoms with Gasteiger partial charge in [-0.25, -0.2) is 0 Å². The molecule has 11 heteroatoms. The first-order chi connectivity index (χ1) is 16.4. The molecule has 1 aromatic heterocycles. The Labute approximate surface area is 206 Å². The molecule has 1 heterocycles. The van der Waals surface area contributed by atoms with E-state index in [4.69, 9.17) is 21.1 Å². The Morgan fingerprint density at radius 1 is 1.12 bits per heavy atom. The Balaban J connectivity index is 1.49. The van der Waals surface area contributed by atoms with E-state index >= 15 is 0 Å². The van der Waals surface area contributed by atoms with Crippen LogP contribution in [0.2, 0.25) is 5.02 Å². The van der Waals surface area contributed by atoms with Gasteiger partial charge < -0.3 is 24.7 Å². The van der Waals surface area contributed by atoms with Gasteiger partial charge in [-0.3, -0.25) is 9.59 Å². The molecule has 0 fully saturated rings. The molecule has 0 spiro atoms. The van der Waals surface area contributed by atoms with E-state index in [-0.39, 0.29) is 24.1 Å². The normalized spacial score (nSPS) is 10.8. The Morgan fingerprint density at radius 3 is 2.65 bits per heavy atom. The van der Waals surface area contributed by atoms with Crippen molar-refractivity contribution in [1.29, 1.82) is 0 Å². The van der Waals surface area contributed by atoms with Gasteiger partial charge in [-0.05, 0) is 42.0 Å². The minimum absolute atomic E-state index is 0.152. The molecule has 0 saturated heterocycles. The highest BCUT2D eigenvalue weighted by Crippen LogP contribution is 2.28. The van der Waals surface area contributed by atoms with Crippen molar-refractivity contribution in [3.8, 4) is 11.5 Å². The van der Waals surface area contributed by atoms with Crippen LogP contribution >= 0.6 is 23.4 Å². The number of anilines is 1. The van der Waals surface area contributed by atoms with Crippen molar-refractivity contribution in [1.82, 2.24) is 20.1 Å². The Bertz CT molecular complexity index is 1200. The molecule has 0 unspecified atom stereocenters. The Hall–Kier alpha value is -3.50. The van der Waals surface area contributed by atoms with Gasteiger partial charge in [0.25, 0.3) is 0 Å². The number of carbonyl (C=O) groups is 2. The smallest absolute Gasteiger partial charge is 0.244 e. The van der Waals surface area contributed by atoms with E-state index in [1.54, 1.807) is 68.3 Å². The number of nitrogens with zero attached hydrogens (tertiary/aromatic N) is 3. The predicted octanol–water partition coefficient (Wildman–Crippen LogP) is 3.55. The minimum Gasteiger partial charge on any atom is -0.493 e. The molecular weight excluding hydrogens is 478 g/mol. The summed E-state index contributed by atoms with van der Waals surface area (Å²) in [5.41, 5.74) is 1.42. The van der Waals surface area contributed by atoms with Gasteiger partial charge in [-0.15, -0.1) is 10.2 Å². The Morgan fingerprint density at radius 2 is 1.91 bits per heavy atom. The second kappa shape index (κ2) is 12.1. The first kappa shape index (κ1) is 25.1. The fourth-order valence-electron chi connectivity index (χ4n) is 2.87. The maximum Gasteiger partial charge on any atom is 0.244 e. The number of benzene rings is 2. The van der Waals surface area contributed by atoms with Crippen molar-refractivity contribution in [3.63, 3.8) is 0 Å². The summed E-state index contributed by atoms with van der Waals surface area (Å²) in [7, 11) is 4.89. The third-order valence-electron chi connectivity index (χ3n) is 4.62. The standard InChI is InChI=1S/C23H24ClN5O4S/c1-29-20(13-25-21(30)10-8-15-7-9-18(32-2)19(11-15)33-3)27-28-23(29)34-14-22(31)26-17-6-4-5-16(24)12-17/h4-12H,13-14H2,1-3H3,(H,25,30)(H,26,31). The zero-order valence-corrected chi connectivity index (χ0v) is 20.4. The summed E-state index contributed by atoms with van der Waals surface area (Å²) in [6.07, 6.45) is 3.10. The number of amides is 2. The molecule has 0 aliphatic carbocycles. The van der Waals surface area contributed by atoms with Crippen molar-refractivity contribution >= 4 is 46.9 Å². The summed E-state index contributed by atoms with van der Waals surface area (Å²) < 4.78 is 12.2. The number of aromatic nitrogens is 3. The van der Waals surface area contributed by atoms with Crippen LogP contribution in [-0.2, 0) is 23.2 Å². The summed E-state index contributed by atoms with van der Waals surface area (Å²) in [6, 6.07) is 12.3. The number of rotatable bonds is 10. The van der Waals surface area contributed by atoms with Crippen LogP contribution in [0.15, 0.2) is 53.7 Å². The van der Waals surface area contributed by atoms with Gasteiger partial charge >= 0.3 is 0 Å². The van der Waals surface area contributed by atoms with E-state index < -0.39 is 0 Å². The lowest BCUT2D eigenvalue weighted by atomic mass is 10.2. The molecule has 0 radical (unpaired) electrons. The quantitative estimate of drug-likeness (QED) is 0.323. The van der Waals surface area contributed by atoms with Crippen molar-refractivity contribution in [3.05, 3.63) is 65.0 Å². The molecule has 0 bridgehead atoms. The van der Waals surface area contributed by atoms with Gasteiger partial charge in [0.15, 0.2) is 22.5 Å². The van der Waals surface area contributed by atoms with Crippen molar-refractivity contribution < 1.29 is 19.1 Å². The van der Waals surface area contributed by atoms with E-state index in [1.165, 1.54) is 17.8 Å². The van der Waals surface area contributed by atoms with Crippen LogP contribution in [0.5, 0.6) is 11.5 Å². The number of hydrogen-bond donors (Lipinski definition) is 2. The van der Waals surface area contributed by atoms with Crippen LogP contribution in [0, 0.1) is 0 Å². The highest BCUT2D eigenvalue weighted by atomic mass is 35.5. The third kappa shape index (κ3) is 7.00. The highest BCUT2D eigenvalue weighted by Gasteiger charge is 2.12. The van der Waals surface area contributed by atoms with Crippen LogP contribution in [-0.4, -0.2) is 46.6 Å². The Kier molecular flexibility index (Phi) is 8.94. The van der Waals surface area contributed by atoms with Crippen molar-refractivity contribution in [2.45, 2.75) is 11.7 Å². The number of carbonyl (C=O) groups excluding carboxylic acids is 2. The second-order valence-electron chi connectivity index (χ2n) is 6.97. The van der Waals surface area contributed by atoms with Gasteiger partial charge in [0.2, 0.25) is 11.8 Å². The van der Waals surface area contributed by atoms with Crippen LogP contribution in [0.4, 0.5) is 5.69 Å². The molecule has 3 rings (SSSR count). The lowest BCUT2D eigenvalue weighted by molar-refractivity contribution is -0.116. The van der Waals surface area contributed by atoms with Crippen LogP contribution in [0.25, 0.3) is 6.08 Å². The fraction of sp³-hybridized carbons (Fsp3) is 0.217. The fourth-order valence-corrected chi connectivity index (χ4v) is 3.79.